The van der Waals surface area contributed by atoms with Gasteiger partial charge in [-0.2, -0.15) is 0 Å². The predicted molar refractivity (Wildman–Crippen MR) is 58.2 cm³/mol. The normalized spacial score (nSPS) is 40.1. The molecule has 1 saturated carbocycles. The van der Waals surface area contributed by atoms with Crippen LogP contribution in [0.3, 0.4) is 0 Å². The molecule has 2 aliphatic heterocycles. The second-order valence-corrected chi connectivity index (χ2v) is 5.45. The van der Waals surface area contributed by atoms with E-state index in [-0.39, 0.29) is 0 Å². The minimum Gasteiger partial charge on any atom is -0.316 e. The van der Waals surface area contributed by atoms with Crippen LogP contribution in [-0.2, 0) is 0 Å². The number of nitrogens with one attached hydrogen (secondary N) is 1. The maximum absolute atomic E-state index is 3.52. The summed E-state index contributed by atoms with van der Waals surface area (Å²) in [5.74, 6) is 3.01. The van der Waals surface area contributed by atoms with E-state index in [9.17, 15) is 0 Å². The van der Waals surface area contributed by atoms with Gasteiger partial charge < -0.3 is 5.32 Å². The summed E-state index contributed by atoms with van der Waals surface area (Å²) in [6.07, 6.45) is 4.38. The molecular weight excluding hydrogens is 172 g/mol. The highest BCUT2D eigenvalue weighted by Gasteiger charge is 2.42. The highest BCUT2D eigenvalue weighted by molar-refractivity contribution is 4.96. The van der Waals surface area contributed by atoms with Crippen LogP contribution in [-0.4, -0.2) is 37.1 Å². The Morgan fingerprint density at radius 1 is 1.21 bits per heavy atom. The van der Waals surface area contributed by atoms with Crippen molar-refractivity contribution in [3.8, 4) is 0 Å². The van der Waals surface area contributed by atoms with Gasteiger partial charge in [-0.25, -0.2) is 0 Å². The van der Waals surface area contributed by atoms with Crippen LogP contribution in [0.15, 0.2) is 0 Å². The molecule has 0 bridgehead atoms. The Kier molecular flexibility index (Phi) is 2.29. The average molecular weight is 194 g/mol. The summed E-state index contributed by atoms with van der Waals surface area (Å²) >= 11 is 0. The topological polar surface area (TPSA) is 15.3 Å². The van der Waals surface area contributed by atoms with Gasteiger partial charge in [-0.3, -0.25) is 4.90 Å². The van der Waals surface area contributed by atoms with E-state index in [2.05, 4.69) is 17.1 Å². The highest BCUT2D eigenvalue weighted by atomic mass is 15.2. The summed E-state index contributed by atoms with van der Waals surface area (Å²) in [5, 5.41) is 3.52. The van der Waals surface area contributed by atoms with Crippen LogP contribution in [0.5, 0.6) is 0 Å². The van der Waals surface area contributed by atoms with Gasteiger partial charge in [0.25, 0.3) is 0 Å². The molecule has 1 aliphatic carbocycles. The Morgan fingerprint density at radius 3 is 2.36 bits per heavy atom. The number of nitrogens with zero attached hydrogens (tertiary/aromatic N) is 1. The maximum atomic E-state index is 3.52. The molecular formula is C12H22N2. The van der Waals surface area contributed by atoms with Crippen LogP contribution in [0.1, 0.15) is 26.2 Å². The predicted octanol–water partition coefficient (Wildman–Crippen LogP) is 1.33. The van der Waals surface area contributed by atoms with E-state index in [0.717, 1.165) is 23.8 Å². The van der Waals surface area contributed by atoms with E-state index in [1.165, 1.54) is 45.4 Å². The Balaban J connectivity index is 1.63. The fraction of sp³-hybridized carbons (Fsp3) is 1.00. The number of rotatable bonds is 3. The number of hydrogen-bond acceptors (Lipinski definition) is 2. The standard InChI is InChI=1S/C12H22N2/c1-2-12(9-3-4-9)14-7-10-5-13-6-11(10)8-14/h9-13H,2-8H2,1H3/t10-,11+,12?. The molecule has 0 aromatic rings. The molecule has 1 N–H and O–H groups in total. The smallest absolute Gasteiger partial charge is 0.0121 e. The lowest BCUT2D eigenvalue weighted by molar-refractivity contribution is 0.198. The summed E-state index contributed by atoms with van der Waals surface area (Å²) < 4.78 is 0. The lowest BCUT2D eigenvalue weighted by Crippen LogP contribution is -2.36. The molecule has 3 aliphatic rings. The van der Waals surface area contributed by atoms with Gasteiger partial charge in [0.15, 0.2) is 0 Å². The Morgan fingerprint density at radius 2 is 1.86 bits per heavy atom. The van der Waals surface area contributed by atoms with Crippen molar-refractivity contribution in [2.45, 2.75) is 32.2 Å². The van der Waals surface area contributed by atoms with E-state index in [0.29, 0.717) is 0 Å². The molecule has 2 heterocycles. The molecule has 0 amide bonds. The maximum Gasteiger partial charge on any atom is 0.0121 e. The Labute approximate surface area is 87.0 Å². The van der Waals surface area contributed by atoms with Crippen molar-refractivity contribution in [3.05, 3.63) is 0 Å². The van der Waals surface area contributed by atoms with Crippen LogP contribution < -0.4 is 5.32 Å². The summed E-state index contributed by atoms with van der Waals surface area (Å²) in [6.45, 7) is 7.69. The number of likely N-dealkylation sites (tertiary alicyclic amines) is 1. The van der Waals surface area contributed by atoms with E-state index in [4.69, 9.17) is 0 Å². The molecule has 0 aromatic heterocycles. The molecule has 3 fully saturated rings. The van der Waals surface area contributed by atoms with Gasteiger partial charge in [-0.05, 0) is 50.1 Å². The molecule has 2 saturated heterocycles. The first-order valence-electron chi connectivity index (χ1n) is 6.33. The first kappa shape index (κ1) is 9.17. The molecule has 3 rings (SSSR count). The van der Waals surface area contributed by atoms with E-state index in [1.807, 2.05) is 0 Å². The summed E-state index contributed by atoms with van der Waals surface area (Å²) in [4.78, 5) is 2.80. The Hall–Kier alpha value is -0.0800. The van der Waals surface area contributed by atoms with Crippen molar-refractivity contribution in [1.29, 1.82) is 0 Å². The SMILES string of the molecule is CCC(C1CC1)N1C[C@H]2CNC[C@H]2C1. The molecule has 0 spiro atoms. The molecule has 1 unspecified atom stereocenters. The minimum atomic E-state index is 0.931. The zero-order valence-electron chi connectivity index (χ0n) is 9.21. The van der Waals surface area contributed by atoms with Crippen LogP contribution in [0.25, 0.3) is 0 Å². The largest absolute Gasteiger partial charge is 0.316 e. The number of fused-ring (bicyclic) bond motifs is 1. The first-order chi connectivity index (χ1) is 6.88. The van der Waals surface area contributed by atoms with Crippen LogP contribution in [0.4, 0.5) is 0 Å². The van der Waals surface area contributed by atoms with Gasteiger partial charge >= 0.3 is 0 Å². The highest BCUT2D eigenvalue weighted by Crippen LogP contribution is 2.40. The van der Waals surface area contributed by atoms with Gasteiger partial charge in [0, 0.05) is 19.1 Å². The van der Waals surface area contributed by atoms with Crippen molar-refractivity contribution >= 4 is 0 Å². The third kappa shape index (κ3) is 1.49. The molecule has 0 aromatic carbocycles. The zero-order valence-corrected chi connectivity index (χ0v) is 9.21. The van der Waals surface area contributed by atoms with E-state index >= 15 is 0 Å². The van der Waals surface area contributed by atoms with Gasteiger partial charge in [0.1, 0.15) is 0 Å². The molecule has 0 radical (unpaired) electrons. The second-order valence-electron chi connectivity index (χ2n) is 5.45. The van der Waals surface area contributed by atoms with Crippen LogP contribution in [0, 0.1) is 17.8 Å². The third-order valence-corrected chi connectivity index (χ3v) is 4.47. The van der Waals surface area contributed by atoms with E-state index < -0.39 is 0 Å². The monoisotopic (exact) mass is 194 g/mol. The number of hydrogen-bond donors (Lipinski definition) is 1. The van der Waals surface area contributed by atoms with Crippen molar-refractivity contribution < 1.29 is 0 Å². The van der Waals surface area contributed by atoms with E-state index in [1.54, 1.807) is 0 Å². The van der Waals surface area contributed by atoms with Crippen molar-refractivity contribution in [2.75, 3.05) is 26.2 Å². The fourth-order valence-electron chi connectivity index (χ4n) is 3.53. The molecule has 3 atom stereocenters. The molecule has 2 nitrogen and oxygen atoms in total. The van der Waals surface area contributed by atoms with Crippen molar-refractivity contribution in [2.24, 2.45) is 17.8 Å². The lowest BCUT2D eigenvalue weighted by atomic mass is 10.0. The van der Waals surface area contributed by atoms with Gasteiger partial charge in [-0.1, -0.05) is 6.92 Å². The lowest BCUT2D eigenvalue weighted by Gasteiger charge is -2.27. The van der Waals surface area contributed by atoms with Crippen LogP contribution in [0.2, 0.25) is 0 Å². The summed E-state index contributed by atoms with van der Waals surface area (Å²) in [7, 11) is 0. The quantitative estimate of drug-likeness (QED) is 0.729. The van der Waals surface area contributed by atoms with Gasteiger partial charge in [-0.15, -0.1) is 0 Å². The summed E-state index contributed by atoms with van der Waals surface area (Å²) in [5.41, 5.74) is 0. The molecule has 80 valence electrons. The van der Waals surface area contributed by atoms with Gasteiger partial charge in [0.2, 0.25) is 0 Å². The van der Waals surface area contributed by atoms with Gasteiger partial charge in [0.05, 0.1) is 0 Å². The second kappa shape index (κ2) is 3.49. The average Bonchev–Trinajstić information content (AvgIpc) is 2.75. The van der Waals surface area contributed by atoms with Crippen molar-refractivity contribution in [1.82, 2.24) is 10.2 Å². The van der Waals surface area contributed by atoms with Crippen molar-refractivity contribution in [3.63, 3.8) is 0 Å². The molecule has 14 heavy (non-hydrogen) atoms. The first-order valence-corrected chi connectivity index (χ1v) is 6.33. The molecule has 2 heteroatoms. The third-order valence-electron chi connectivity index (χ3n) is 4.47. The fourth-order valence-corrected chi connectivity index (χ4v) is 3.53. The Bertz CT molecular complexity index is 200. The minimum absolute atomic E-state index is 0.931. The zero-order chi connectivity index (χ0) is 9.54. The summed E-state index contributed by atoms with van der Waals surface area (Å²) in [6, 6.07) is 0.931. The van der Waals surface area contributed by atoms with Crippen LogP contribution >= 0.6 is 0 Å².